The van der Waals surface area contributed by atoms with Gasteiger partial charge in [-0.3, -0.25) is 4.79 Å². The first-order chi connectivity index (χ1) is 11.8. The number of carbonyl (C=O) groups is 1. The van der Waals surface area contributed by atoms with Crippen LogP contribution in [0.4, 0.5) is 0 Å². The summed E-state index contributed by atoms with van der Waals surface area (Å²) in [5, 5.41) is 3.26. The van der Waals surface area contributed by atoms with Crippen LogP contribution in [0, 0.1) is 6.92 Å². The highest BCUT2D eigenvalue weighted by Crippen LogP contribution is 2.21. The topological polar surface area (TPSA) is 63.2 Å². The van der Waals surface area contributed by atoms with Gasteiger partial charge in [0.15, 0.2) is 9.84 Å². The molecule has 0 radical (unpaired) electrons. The molecule has 4 nitrogen and oxygen atoms in total. The van der Waals surface area contributed by atoms with Crippen LogP contribution in [0.15, 0.2) is 59.2 Å². The van der Waals surface area contributed by atoms with Gasteiger partial charge in [0, 0.05) is 21.7 Å². The highest BCUT2D eigenvalue weighted by Gasteiger charge is 2.14. The predicted molar refractivity (Wildman–Crippen MR) is 100 cm³/mol. The second-order valence-corrected chi connectivity index (χ2v) is 8.07. The Balaban J connectivity index is 2.00. The van der Waals surface area contributed by atoms with E-state index in [-0.39, 0.29) is 4.90 Å². The lowest BCUT2D eigenvalue weighted by Crippen LogP contribution is -2.28. The number of halogens is 2. The van der Waals surface area contributed by atoms with E-state index in [1.54, 1.807) is 30.3 Å². The molecular weight excluding hydrogens is 381 g/mol. The van der Waals surface area contributed by atoms with Gasteiger partial charge in [0.05, 0.1) is 4.90 Å². The second kappa shape index (κ2) is 8.37. The fourth-order valence-corrected chi connectivity index (χ4v) is 3.38. The van der Waals surface area contributed by atoms with Crippen molar-refractivity contribution in [2.24, 2.45) is 0 Å². The molecule has 0 bridgehead atoms. The summed E-state index contributed by atoms with van der Waals surface area (Å²) < 4.78 is 24.3. The maximum absolute atomic E-state index is 12.1. The number of amides is 1. The SMILES string of the molecule is Cc1ccc(S(=O)(=O)CNC(=O)C=C=Cc2ccc(Cl)cc2Cl)cc1. The Hall–Kier alpha value is -2.04. The van der Waals surface area contributed by atoms with E-state index >= 15 is 0 Å². The molecule has 0 saturated heterocycles. The third kappa shape index (κ3) is 5.76. The molecule has 0 aromatic heterocycles. The quantitative estimate of drug-likeness (QED) is 0.614. The third-order valence-electron chi connectivity index (χ3n) is 3.23. The van der Waals surface area contributed by atoms with Gasteiger partial charge in [0.1, 0.15) is 5.88 Å². The van der Waals surface area contributed by atoms with Gasteiger partial charge in [-0.1, -0.05) is 47.0 Å². The summed E-state index contributed by atoms with van der Waals surface area (Å²) in [6.45, 7) is 1.86. The summed E-state index contributed by atoms with van der Waals surface area (Å²) in [5.41, 5.74) is 4.26. The number of sulfone groups is 1. The van der Waals surface area contributed by atoms with E-state index in [1.807, 2.05) is 6.92 Å². The summed E-state index contributed by atoms with van der Waals surface area (Å²) >= 11 is 11.8. The first-order valence-corrected chi connectivity index (χ1v) is 9.63. The van der Waals surface area contributed by atoms with E-state index in [9.17, 15) is 13.2 Å². The minimum absolute atomic E-state index is 0.158. The molecule has 7 heteroatoms. The summed E-state index contributed by atoms with van der Waals surface area (Å²) in [7, 11) is -3.59. The Morgan fingerprint density at radius 2 is 1.84 bits per heavy atom. The first kappa shape index (κ1) is 19.3. The molecule has 1 amide bonds. The Morgan fingerprint density at radius 1 is 1.16 bits per heavy atom. The minimum atomic E-state index is -3.59. The Bertz CT molecular complexity index is 945. The lowest BCUT2D eigenvalue weighted by atomic mass is 10.2. The zero-order chi connectivity index (χ0) is 18.4. The largest absolute Gasteiger partial charge is 0.338 e. The van der Waals surface area contributed by atoms with E-state index in [2.05, 4.69) is 11.0 Å². The van der Waals surface area contributed by atoms with Crippen molar-refractivity contribution >= 4 is 45.0 Å². The molecule has 0 unspecified atom stereocenters. The number of nitrogens with one attached hydrogen (secondary N) is 1. The van der Waals surface area contributed by atoms with E-state index in [0.717, 1.165) is 11.6 Å². The first-order valence-electron chi connectivity index (χ1n) is 7.23. The van der Waals surface area contributed by atoms with Crippen LogP contribution >= 0.6 is 23.2 Å². The van der Waals surface area contributed by atoms with E-state index in [1.165, 1.54) is 18.2 Å². The van der Waals surface area contributed by atoms with Gasteiger partial charge in [0.2, 0.25) is 0 Å². The van der Waals surface area contributed by atoms with E-state index in [4.69, 9.17) is 23.2 Å². The monoisotopic (exact) mass is 395 g/mol. The molecule has 0 fully saturated rings. The normalized spacial score (nSPS) is 10.7. The van der Waals surface area contributed by atoms with E-state index in [0.29, 0.717) is 15.6 Å². The summed E-state index contributed by atoms with van der Waals surface area (Å²) in [6.07, 6.45) is 2.61. The summed E-state index contributed by atoms with van der Waals surface area (Å²) in [6, 6.07) is 11.3. The molecule has 2 aromatic rings. The third-order valence-corrected chi connectivity index (χ3v) is 5.31. The average molecular weight is 396 g/mol. The van der Waals surface area contributed by atoms with E-state index < -0.39 is 21.6 Å². The zero-order valence-electron chi connectivity index (χ0n) is 13.3. The van der Waals surface area contributed by atoms with Gasteiger partial charge in [-0.15, -0.1) is 5.73 Å². The smallest absolute Gasteiger partial charge is 0.252 e. The van der Waals surface area contributed by atoms with Crippen molar-refractivity contribution in [3.05, 3.63) is 75.4 Å². The highest BCUT2D eigenvalue weighted by molar-refractivity contribution is 7.91. The molecule has 130 valence electrons. The molecule has 2 aromatic carbocycles. The average Bonchev–Trinajstić information content (AvgIpc) is 2.55. The highest BCUT2D eigenvalue weighted by atomic mass is 35.5. The number of aryl methyl sites for hydroxylation is 1. The van der Waals surface area contributed by atoms with Gasteiger partial charge in [0.25, 0.3) is 5.91 Å². The van der Waals surface area contributed by atoms with Crippen LogP contribution in [0.5, 0.6) is 0 Å². The fourth-order valence-electron chi connectivity index (χ4n) is 1.87. The molecule has 0 heterocycles. The zero-order valence-corrected chi connectivity index (χ0v) is 15.6. The standard InChI is InChI=1S/C18H15Cl2NO3S/c1-13-5-9-16(10-6-13)25(23,24)12-21-18(22)4-2-3-14-7-8-15(19)11-17(14)20/h3-11H,12H2,1H3,(H,21,22). The van der Waals surface area contributed by atoms with Crippen LogP contribution in [0.1, 0.15) is 11.1 Å². The molecule has 2 rings (SSSR count). The Kier molecular flexibility index (Phi) is 6.45. The van der Waals surface area contributed by atoms with Crippen molar-refractivity contribution in [2.75, 3.05) is 5.88 Å². The predicted octanol–water partition coefficient (Wildman–Crippen LogP) is 4.02. The van der Waals surface area contributed by atoms with Crippen LogP contribution in [-0.4, -0.2) is 20.2 Å². The van der Waals surface area contributed by atoms with Crippen LogP contribution in [0.3, 0.4) is 0 Å². The molecule has 0 spiro atoms. The molecule has 25 heavy (non-hydrogen) atoms. The number of hydrogen-bond acceptors (Lipinski definition) is 3. The Morgan fingerprint density at radius 3 is 2.48 bits per heavy atom. The number of rotatable bonds is 5. The summed E-state index contributed by atoms with van der Waals surface area (Å²) in [4.78, 5) is 11.9. The van der Waals surface area contributed by atoms with Crippen molar-refractivity contribution < 1.29 is 13.2 Å². The van der Waals surface area contributed by atoms with Crippen molar-refractivity contribution in [1.29, 1.82) is 0 Å². The molecule has 0 aliphatic carbocycles. The molecule has 0 aliphatic rings. The van der Waals surface area contributed by atoms with Crippen LogP contribution in [0.25, 0.3) is 6.08 Å². The van der Waals surface area contributed by atoms with Crippen molar-refractivity contribution in [3.63, 3.8) is 0 Å². The van der Waals surface area contributed by atoms with Gasteiger partial charge in [-0.05, 0) is 37.3 Å². The fraction of sp³-hybridized carbons (Fsp3) is 0.111. The number of hydrogen-bond donors (Lipinski definition) is 1. The van der Waals surface area contributed by atoms with Crippen molar-refractivity contribution in [2.45, 2.75) is 11.8 Å². The van der Waals surface area contributed by atoms with Crippen LogP contribution in [0.2, 0.25) is 10.0 Å². The maximum Gasteiger partial charge on any atom is 0.252 e. The van der Waals surface area contributed by atoms with Crippen molar-refractivity contribution in [3.8, 4) is 0 Å². The van der Waals surface area contributed by atoms with Gasteiger partial charge in [-0.25, -0.2) is 8.42 Å². The maximum atomic E-state index is 12.1. The lowest BCUT2D eigenvalue weighted by Gasteiger charge is -2.05. The van der Waals surface area contributed by atoms with Gasteiger partial charge < -0.3 is 5.32 Å². The Labute approximate surface area is 156 Å². The summed E-state index contributed by atoms with van der Waals surface area (Å²) in [5.74, 6) is -1.06. The lowest BCUT2D eigenvalue weighted by molar-refractivity contribution is -0.116. The number of carbonyl (C=O) groups excluding carboxylic acids is 1. The number of benzene rings is 2. The molecular formula is C18H15Cl2NO3S. The van der Waals surface area contributed by atoms with Crippen molar-refractivity contribution in [1.82, 2.24) is 5.32 Å². The molecule has 0 saturated carbocycles. The minimum Gasteiger partial charge on any atom is -0.338 e. The van der Waals surface area contributed by atoms with Gasteiger partial charge >= 0.3 is 0 Å². The van der Waals surface area contributed by atoms with Crippen LogP contribution < -0.4 is 5.32 Å². The van der Waals surface area contributed by atoms with Gasteiger partial charge in [-0.2, -0.15) is 0 Å². The van der Waals surface area contributed by atoms with Crippen LogP contribution in [-0.2, 0) is 14.6 Å². The molecule has 0 aliphatic heterocycles. The second-order valence-electron chi connectivity index (χ2n) is 5.23. The molecule has 0 atom stereocenters. The molecule has 1 N–H and O–H groups in total.